The fourth-order valence-corrected chi connectivity index (χ4v) is 2.46. The fourth-order valence-electron chi connectivity index (χ4n) is 2.46. The highest BCUT2D eigenvalue weighted by Crippen LogP contribution is 2.35. The van der Waals surface area contributed by atoms with Crippen LogP contribution in [0.5, 0.6) is 0 Å². The number of rotatable bonds is 5. The van der Waals surface area contributed by atoms with Gasteiger partial charge in [-0.25, -0.2) is 9.59 Å². The summed E-state index contributed by atoms with van der Waals surface area (Å²) in [6.07, 6.45) is 0.0278. The molecule has 0 spiro atoms. The van der Waals surface area contributed by atoms with Crippen molar-refractivity contribution in [3.63, 3.8) is 0 Å². The number of esters is 1. The van der Waals surface area contributed by atoms with Crippen molar-refractivity contribution in [1.82, 2.24) is 0 Å². The van der Waals surface area contributed by atoms with Crippen molar-refractivity contribution in [3.05, 3.63) is 87.2 Å². The van der Waals surface area contributed by atoms with E-state index in [2.05, 4.69) is 5.32 Å². The Bertz CT molecular complexity index is 888. The van der Waals surface area contributed by atoms with Gasteiger partial charge in [-0.3, -0.25) is 10.1 Å². The van der Waals surface area contributed by atoms with E-state index in [9.17, 15) is 19.7 Å². The first-order valence-corrected chi connectivity index (χ1v) is 7.21. The van der Waals surface area contributed by atoms with Gasteiger partial charge in [0.2, 0.25) is 6.10 Å². The second-order valence-corrected chi connectivity index (χ2v) is 5.23. The van der Waals surface area contributed by atoms with Crippen LogP contribution in [-0.4, -0.2) is 22.0 Å². The van der Waals surface area contributed by atoms with Crippen LogP contribution >= 0.6 is 0 Å². The lowest BCUT2D eigenvalue weighted by Crippen LogP contribution is -2.12. The monoisotopic (exact) mass is 340 g/mol. The summed E-state index contributed by atoms with van der Waals surface area (Å²) in [6, 6.07) is 12.2. The lowest BCUT2D eigenvalue weighted by atomic mass is 10.0. The van der Waals surface area contributed by atoms with E-state index in [1.165, 1.54) is 24.3 Å². The van der Waals surface area contributed by atoms with Gasteiger partial charge in [0.1, 0.15) is 0 Å². The maximum absolute atomic E-state index is 11.8. The van der Waals surface area contributed by atoms with E-state index in [4.69, 9.17) is 9.84 Å². The molecule has 0 saturated heterocycles. The largest absolute Gasteiger partial charge is 0.478 e. The van der Waals surface area contributed by atoms with Crippen molar-refractivity contribution in [2.75, 3.05) is 5.32 Å². The number of carboxylic acids is 1. The van der Waals surface area contributed by atoms with Gasteiger partial charge in [0.25, 0.3) is 0 Å². The van der Waals surface area contributed by atoms with Gasteiger partial charge in [0.05, 0.1) is 22.3 Å². The number of benzene rings is 2. The minimum Gasteiger partial charge on any atom is -0.478 e. The summed E-state index contributed by atoms with van der Waals surface area (Å²) in [5, 5.41) is 23.0. The van der Waals surface area contributed by atoms with Crippen LogP contribution < -0.4 is 5.32 Å². The second kappa shape index (κ2) is 6.44. The van der Waals surface area contributed by atoms with E-state index in [0.717, 1.165) is 6.20 Å². The molecule has 0 aromatic heterocycles. The molecular formula is C17H12N2O6. The van der Waals surface area contributed by atoms with Crippen LogP contribution in [0.1, 0.15) is 32.4 Å². The smallest absolute Gasteiger partial charge is 0.339 e. The minimum atomic E-state index is -1.11. The van der Waals surface area contributed by atoms with E-state index in [0.29, 0.717) is 16.8 Å². The first-order chi connectivity index (χ1) is 12.0. The number of fused-ring (bicyclic) bond motifs is 1. The molecule has 2 aromatic rings. The molecule has 0 fully saturated rings. The summed E-state index contributed by atoms with van der Waals surface area (Å²) >= 11 is 0. The SMILES string of the molecule is O=C(O)c1ccc(N/C=C(/C2OC(=O)c3ccccc32)[N+](=O)[O-])cc1. The predicted octanol–water partition coefficient (Wildman–Crippen LogP) is 2.83. The number of ether oxygens (including phenoxy) is 1. The van der Waals surface area contributed by atoms with Crippen molar-refractivity contribution in [3.8, 4) is 0 Å². The molecule has 25 heavy (non-hydrogen) atoms. The maximum atomic E-state index is 11.8. The van der Waals surface area contributed by atoms with Gasteiger partial charge in [-0.15, -0.1) is 0 Å². The van der Waals surface area contributed by atoms with E-state index in [1.54, 1.807) is 24.3 Å². The van der Waals surface area contributed by atoms with E-state index in [-0.39, 0.29) is 11.3 Å². The molecule has 2 N–H and O–H groups in total. The van der Waals surface area contributed by atoms with Crippen LogP contribution in [0.15, 0.2) is 60.4 Å². The van der Waals surface area contributed by atoms with Gasteiger partial charge in [0.15, 0.2) is 0 Å². The zero-order chi connectivity index (χ0) is 18.0. The molecule has 8 nitrogen and oxygen atoms in total. The molecule has 0 amide bonds. The molecule has 0 radical (unpaired) electrons. The number of hydrogen-bond acceptors (Lipinski definition) is 6. The van der Waals surface area contributed by atoms with E-state index >= 15 is 0 Å². The molecule has 3 rings (SSSR count). The summed E-state index contributed by atoms with van der Waals surface area (Å²) in [5.41, 5.74) is 0.954. The predicted molar refractivity (Wildman–Crippen MR) is 86.7 cm³/mol. The number of nitro groups is 1. The number of nitrogens with one attached hydrogen (secondary N) is 1. The summed E-state index contributed by atoms with van der Waals surface area (Å²) in [5.74, 6) is -1.68. The van der Waals surface area contributed by atoms with Crippen molar-refractivity contribution in [2.24, 2.45) is 0 Å². The third-order valence-electron chi connectivity index (χ3n) is 3.69. The zero-order valence-corrected chi connectivity index (χ0v) is 12.7. The Morgan fingerprint density at radius 1 is 1.20 bits per heavy atom. The van der Waals surface area contributed by atoms with Crippen LogP contribution in [0.2, 0.25) is 0 Å². The highest BCUT2D eigenvalue weighted by molar-refractivity contribution is 5.94. The number of hydrogen-bond donors (Lipinski definition) is 2. The molecule has 1 unspecified atom stereocenters. The molecule has 2 aromatic carbocycles. The second-order valence-electron chi connectivity index (χ2n) is 5.23. The lowest BCUT2D eigenvalue weighted by Gasteiger charge is -2.09. The van der Waals surface area contributed by atoms with Gasteiger partial charge in [-0.2, -0.15) is 0 Å². The first kappa shape index (κ1) is 16.2. The van der Waals surface area contributed by atoms with Crippen LogP contribution in [0.4, 0.5) is 5.69 Å². The number of nitrogens with zero attached hydrogens (tertiary/aromatic N) is 1. The quantitative estimate of drug-likeness (QED) is 0.488. The third kappa shape index (κ3) is 3.18. The van der Waals surface area contributed by atoms with Gasteiger partial charge in [0, 0.05) is 11.3 Å². The van der Waals surface area contributed by atoms with Crippen molar-refractivity contribution >= 4 is 17.6 Å². The number of aromatic carboxylic acids is 1. The van der Waals surface area contributed by atoms with Crippen LogP contribution in [0, 0.1) is 10.1 Å². The Balaban J connectivity index is 1.87. The molecule has 0 bridgehead atoms. The number of carbonyl (C=O) groups excluding carboxylic acids is 1. The number of carbonyl (C=O) groups is 2. The Morgan fingerprint density at radius 2 is 1.88 bits per heavy atom. The topological polar surface area (TPSA) is 119 Å². The molecule has 8 heteroatoms. The minimum absolute atomic E-state index is 0.0997. The average Bonchev–Trinajstić information content (AvgIpc) is 2.92. The van der Waals surface area contributed by atoms with Crippen molar-refractivity contribution in [1.29, 1.82) is 0 Å². The van der Waals surface area contributed by atoms with E-state index in [1.807, 2.05) is 0 Å². The van der Waals surface area contributed by atoms with Gasteiger partial charge >= 0.3 is 17.6 Å². The van der Waals surface area contributed by atoms with Crippen LogP contribution in [0.25, 0.3) is 0 Å². The molecule has 126 valence electrons. The molecule has 1 heterocycles. The molecule has 1 aliphatic rings. The average molecular weight is 340 g/mol. The van der Waals surface area contributed by atoms with Crippen LogP contribution in [-0.2, 0) is 4.74 Å². The highest BCUT2D eigenvalue weighted by atomic mass is 16.6. The van der Waals surface area contributed by atoms with Crippen LogP contribution in [0.3, 0.4) is 0 Å². The van der Waals surface area contributed by atoms with Gasteiger partial charge < -0.3 is 15.2 Å². The van der Waals surface area contributed by atoms with E-state index < -0.39 is 23.0 Å². The Kier molecular flexibility index (Phi) is 4.17. The summed E-state index contributed by atoms with van der Waals surface area (Å²) < 4.78 is 5.13. The first-order valence-electron chi connectivity index (χ1n) is 7.21. The number of cyclic esters (lactones) is 1. The third-order valence-corrected chi connectivity index (χ3v) is 3.69. The summed E-state index contributed by atoms with van der Waals surface area (Å²) in [4.78, 5) is 33.4. The Hall–Kier alpha value is -3.68. The summed E-state index contributed by atoms with van der Waals surface area (Å²) in [6.45, 7) is 0. The summed E-state index contributed by atoms with van der Waals surface area (Å²) in [7, 11) is 0. The van der Waals surface area contributed by atoms with Gasteiger partial charge in [-0.1, -0.05) is 18.2 Å². The normalized spacial score (nSPS) is 16.1. The van der Waals surface area contributed by atoms with Crippen molar-refractivity contribution < 1.29 is 24.4 Å². The standard InChI is InChI=1S/C17H12N2O6/c20-16(21)10-5-7-11(8-6-10)18-9-14(19(23)24)15-12-3-1-2-4-13(12)17(22)25-15/h1-9,15,18H,(H,20,21)/b14-9-. The Labute approximate surface area is 141 Å². The van der Waals surface area contributed by atoms with Crippen molar-refractivity contribution in [2.45, 2.75) is 6.10 Å². The lowest BCUT2D eigenvalue weighted by molar-refractivity contribution is -0.436. The molecule has 1 aliphatic heterocycles. The zero-order valence-electron chi connectivity index (χ0n) is 12.7. The maximum Gasteiger partial charge on any atom is 0.339 e. The molecule has 0 saturated carbocycles. The molecule has 0 aliphatic carbocycles. The number of anilines is 1. The Morgan fingerprint density at radius 3 is 2.52 bits per heavy atom. The fraction of sp³-hybridized carbons (Fsp3) is 0.0588. The molecule has 1 atom stereocenters. The molecular weight excluding hydrogens is 328 g/mol. The van der Waals surface area contributed by atoms with Gasteiger partial charge in [-0.05, 0) is 30.3 Å². The number of carboxylic acid groups (broad SMARTS) is 1. The highest BCUT2D eigenvalue weighted by Gasteiger charge is 2.39.